The van der Waals surface area contributed by atoms with Gasteiger partial charge >= 0.3 is 0 Å². The molecule has 4 heteroatoms. The van der Waals surface area contributed by atoms with Crippen molar-refractivity contribution in [1.82, 2.24) is 15.1 Å². The molecule has 122 valence electrons. The van der Waals surface area contributed by atoms with Gasteiger partial charge < -0.3 is 15.0 Å². The molecular formula is C17H33N3O. The molecule has 0 bridgehead atoms. The first-order chi connectivity index (χ1) is 10.2. The average Bonchev–Trinajstić information content (AvgIpc) is 2.86. The van der Waals surface area contributed by atoms with Crippen LogP contribution in [0.15, 0.2) is 0 Å². The van der Waals surface area contributed by atoms with Crippen molar-refractivity contribution in [2.24, 2.45) is 0 Å². The van der Waals surface area contributed by atoms with Crippen LogP contribution in [0, 0.1) is 0 Å². The zero-order valence-electron chi connectivity index (χ0n) is 13.9. The van der Waals surface area contributed by atoms with E-state index in [1.54, 1.807) is 0 Å². The summed E-state index contributed by atoms with van der Waals surface area (Å²) in [6.45, 7) is 5.69. The molecule has 3 fully saturated rings. The van der Waals surface area contributed by atoms with Gasteiger partial charge in [-0.1, -0.05) is 19.3 Å². The molecule has 2 unspecified atom stereocenters. The molecule has 2 heterocycles. The van der Waals surface area contributed by atoms with Crippen LogP contribution in [0.3, 0.4) is 0 Å². The number of piperazine rings is 1. The third-order valence-electron chi connectivity index (χ3n) is 5.84. The highest BCUT2D eigenvalue weighted by Crippen LogP contribution is 2.41. The van der Waals surface area contributed by atoms with E-state index >= 15 is 0 Å². The lowest BCUT2D eigenvalue weighted by Crippen LogP contribution is -2.54. The van der Waals surface area contributed by atoms with E-state index in [4.69, 9.17) is 4.74 Å². The first-order valence-electron chi connectivity index (χ1n) is 8.94. The Morgan fingerprint density at radius 1 is 1.05 bits per heavy atom. The number of likely N-dealkylation sites (N-methyl/N-ethyl adjacent to an activating group) is 2. The molecule has 1 N–H and O–H groups in total. The number of ether oxygens (including phenoxy) is 1. The highest BCUT2D eigenvalue weighted by molar-refractivity contribution is 4.92. The van der Waals surface area contributed by atoms with E-state index in [1.807, 2.05) is 0 Å². The first-order valence-corrected chi connectivity index (χ1v) is 8.94. The SMILES string of the molecule is CN1CCN(C)C(CNCC2CCC3(CCCCC3)O2)C1. The van der Waals surface area contributed by atoms with Gasteiger partial charge in [0.1, 0.15) is 0 Å². The summed E-state index contributed by atoms with van der Waals surface area (Å²) >= 11 is 0. The molecule has 0 amide bonds. The monoisotopic (exact) mass is 295 g/mol. The molecule has 0 aromatic rings. The molecule has 3 rings (SSSR count). The minimum atomic E-state index is 0.270. The van der Waals surface area contributed by atoms with Crippen LogP contribution in [0.2, 0.25) is 0 Å². The van der Waals surface area contributed by atoms with Gasteiger partial charge in [-0.15, -0.1) is 0 Å². The van der Waals surface area contributed by atoms with Crippen LogP contribution < -0.4 is 5.32 Å². The van der Waals surface area contributed by atoms with Crippen LogP contribution in [0.25, 0.3) is 0 Å². The molecule has 2 aliphatic heterocycles. The zero-order chi connectivity index (χ0) is 14.7. The lowest BCUT2D eigenvalue weighted by Gasteiger charge is -2.38. The van der Waals surface area contributed by atoms with Crippen molar-refractivity contribution in [2.45, 2.75) is 62.7 Å². The van der Waals surface area contributed by atoms with Crippen molar-refractivity contribution >= 4 is 0 Å². The molecular weight excluding hydrogens is 262 g/mol. The highest BCUT2D eigenvalue weighted by Gasteiger charge is 2.40. The van der Waals surface area contributed by atoms with Crippen LogP contribution in [0.1, 0.15) is 44.9 Å². The van der Waals surface area contributed by atoms with Crippen LogP contribution in [-0.4, -0.2) is 74.4 Å². The van der Waals surface area contributed by atoms with E-state index in [9.17, 15) is 0 Å². The fourth-order valence-corrected chi connectivity index (χ4v) is 4.34. The van der Waals surface area contributed by atoms with E-state index in [0.717, 1.165) is 13.1 Å². The summed E-state index contributed by atoms with van der Waals surface area (Å²) in [7, 11) is 4.48. The summed E-state index contributed by atoms with van der Waals surface area (Å²) in [5, 5.41) is 3.68. The van der Waals surface area contributed by atoms with Gasteiger partial charge in [0.05, 0.1) is 11.7 Å². The van der Waals surface area contributed by atoms with Crippen molar-refractivity contribution < 1.29 is 4.74 Å². The maximum Gasteiger partial charge on any atom is 0.0708 e. The Kier molecular flexibility index (Phi) is 5.20. The van der Waals surface area contributed by atoms with Crippen molar-refractivity contribution in [1.29, 1.82) is 0 Å². The summed E-state index contributed by atoms with van der Waals surface area (Å²) < 4.78 is 6.44. The molecule has 2 saturated heterocycles. The fourth-order valence-electron chi connectivity index (χ4n) is 4.34. The Hall–Kier alpha value is -0.160. The summed E-state index contributed by atoms with van der Waals surface area (Å²) in [5.41, 5.74) is 0.270. The molecule has 0 aromatic carbocycles. The number of rotatable bonds is 4. The van der Waals surface area contributed by atoms with Gasteiger partial charge in [0, 0.05) is 38.8 Å². The van der Waals surface area contributed by atoms with E-state index in [2.05, 4.69) is 29.2 Å². The van der Waals surface area contributed by atoms with Crippen molar-refractivity contribution in [3.63, 3.8) is 0 Å². The Bertz CT molecular complexity index is 330. The highest BCUT2D eigenvalue weighted by atomic mass is 16.5. The molecule has 21 heavy (non-hydrogen) atoms. The van der Waals surface area contributed by atoms with Crippen LogP contribution in [0.4, 0.5) is 0 Å². The summed E-state index contributed by atoms with van der Waals surface area (Å²) in [6, 6.07) is 0.647. The van der Waals surface area contributed by atoms with Crippen molar-refractivity contribution in [3.05, 3.63) is 0 Å². The van der Waals surface area contributed by atoms with Gasteiger partial charge in [0.25, 0.3) is 0 Å². The Morgan fingerprint density at radius 3 is 2.67 bits per heavy atom. The molecule has 1 aliphatic carbocycles. The Labute approximate surface area is 130 Å². The average molecular weight is 295 g/mol. The van der Waals surface area contributed by atoms with Crippen molar-refractivity contribution in [3.8, 4) is 0 Å². The second-order valence-electron chi connectivity index (χ2n) is 7.58. The summed E-state index contributed by atoms with van der Waals surface area (Å²) in [5.74, 6) is 0. The summed E-state index contributed by atoms with van der Waals surface area (Å²) in [4.78, 5) is 4.93. The third kappa shape index (κ3) is 3.98. The minimum absolute atomic E-state index is 0.270. The normalized spacial score (nSPS) is 34.6. The maximum atomic E-state index is 6.44. The number of hydrogen-bond acceptors (Lipinski definition) is 4. The minimum Gasteiger partial charge on any atom is -0.370 e. The molecule has 1 saturated carbocycles. The second kappa shape index (κ2) is 6.95. The predicted octanol–water partition coefficient (Wildman–Crippen LogP) is 1.70. The molecule has 1 spiro atoms. The molecule has 3 aliphatic rings. The van der Waals surface area contributed by atoms with Crippen molar-refractivity contribution in [2.75, 3.05) is 46.8 Å². The molecule has 0 aromatic heterocycles. The first kappa shape index (κ1) is 15.7. The quantitative estimate of drug-likeness (QED) is 0.854. The van der Waals surface area contributed by atoms with E-state index in [-0.39, 0.29) is 5.60 Å². The maximum absolute atomic E-state index is 6.44. The molecule has 4 nitrogen and oxygen atoms in total. The van der Waals surface area contributed by atoms with Gasteiger partial charge in [0.2, 0.25) is 0 Å². The standard InChI is InChI=1S/C17H33N3O/c1-19-10-11-20(2)15(14-19)12-18-13-16-6-9-17(21-16)7-4-3-5-8-17/h15-16,18H,3-14H2,1-2H3. The van der Waals surface area contributed by atoms with E-state index < -0.39 is 0 Å². The lowest BCUT2D eigenvalue weighted by atomic mass is 9.83. The summed E-state index contributed by atoms with van der Waals surface area (Å²) in [6.07, 6.45) is 9.78. The van der Waals surface area contributed by atoms with E-state index in [0.29, 0.717) is 12.1 Å². The Morgan fingerprint density at radius 2 is 1.86 bits per heavy atom. The van der Waals surface area contributed by atoms with Crippen LogP contribution in [-0.2, 0) is 4.74 Å². The number of nitrogens with zero attached hydrogens (tertiary/aromatic N) is 2. The van der Waals surface area contributed by atoms with Gasteiger partial charge in [0.15, 0.2) is 0 Å². The van der Waals surface area contributed by atoms with Gasteiger partial charge in [-0.3, -0.25) is 4.90 Å². The number of hydrogen-bond donors (Lipinski definition) is 1. The van der Waals surface area contributed by atoms with Gasteiger partial charge in [-0.25, -0.2) is 0 Å². The van der Waals surface area contributed by atoms with Crippen LogP contribution in [0.5, 0.6) is 0 Å². The molecule has 0 radical (unpaired) electrons. The van der Waals surface area contributed by atoms with Crippen LogP contribution >= 0.6 is 0 Å². The zero-order valence-corrected chi connectivity index (χ0v) is 13.9. The predicted molar refractivity (Wildman–Crippen MR) is 86.7 cm³/mol. The van der Waals surface area contributed by atoms with E-state index in [1.165, 1.54) is 64.6 Å². The lowest BCUT2D eigenvalue weighted by molar-refractivity contribution is -0.0627. The van der Waals surface area contributed by atoms with Gasteiger partial charge in [-0.2, -0.15) is 0 Å². The third-order valence-corrected chi connectivity index (χ3v) is 5.84. The number of nitrogens with one attached hydrogen (secondary N) is 1. The Balaban J connectivity index is 1.38. The fraction of sp³-hybridized carbons (Fsp3) is 1.00. The molecule has 2 atom stereocenters. The topological polar surface area (TPSA) is 27.7 Å². The second-order valence-corrected chi connectivity index (χ2v) is 7.58. The smallest absolute Gasteiger partial charge is 0.0708 e. The largest absolute Gasteiger partial charge is 0.370 e. The van der Waals surface area contributed by atoms with Gasteiger partial charge in [-0.05, 0) is 39.8 Å².